The summed E-state index contributed by atoms with van der Waals surface area (Å²) in [7, 11) is 0. The van der Waals surface area contributed by atoms with Crippen LogP contribution in [0.3, 0.4) is 0 Å². The van der Waals surface area contributed by atoms with Gasteiger partial charge in [0.05, 0.1) is 4.01 Å². The van der Waals surface area contributed by atoms with Crippen molar-refractivity contribution in [3.63, 3.8) is 0 Å². The average molecular weight is 176 g/mol. The Bertz CT molecular complexity index is 298. The standard InChI is InChI=1S/C6H2F2S2/c7-4-1-3-2-5(8)10-6(3)9-4/h1-2H. The van der Waals surface area contributed by atoms with E-state index in [9.17, 15) is 8.78 Å². The molecular formula is C6H2F2S2. The van der Waals surface area contributed by atoms with Crippen LogP contribution in [0.15, 0.2) is 12.1 Å². The summed E-state index contributed by atoms with van der Waals surface area (Å²) >= 11 is 1.97. The van der Waals surface area contributed by atoms with Crippen molar-refractivity contribution in [1.82, 2.24) is 0 Å². The molecule has 0 nitrogen and oxygen atoms in total. The lowest BCUT2D eigenvalue weighted by atomic mass is 10.4. The largest absolute Gasteiger partial charge is 0.195 e. The molecule has 0 atom stereocenters. The Morgan fingerprint density at radius 1 is 1.00 bits per heavy atom. The van der Waals surface area contributed by atoms with Gasteiger partial charge in [0.15, 0.2) is 10.3 Å². The third kappa shape index (κ3) is 0.839. The van der Waals surface area contributed by atoms with E-state index in [4.69, 9.17) is 0 Å². The van der Waals surface area contributed by atoms with Crippen molar-refractivity contribution in [2.24, 2.45) is 0 Å². The molecule has 0 N–H and O–H groups in total. The second kappa shape index (κ2) is 2.00. The van der Waals surface area contributed by atoms with Gasteiger partial charge in [-0.3, -0.25) is 0 Å². The van der Waals surface area contributed by atoms with Crippen LogP contribution in [-0.4, -0.2) is 0 Å². The van der Waals surface area contributed by atoms with Gasteiger partial charge < -0.3 is 0 Å². The van der Waals surface area contributed by atoms with Crippen molar-refractivity contribution >= 4 is 32.1 Å². The fourth-order valence-electron chi connectivity index (χ4n) is 0.779. The maximum absolute atomic E-state index is 12.4. The van der Waals surface area contributed by atoms with Gasteiger partial charge in [0.2, 0.25) is 0 Å². The van der Waals surface area contributed by atoms with Crippen molar-refractivity contribution in [3.05, 3.63) is 22.4 Å². The summed E-state index contributed by atoms with van der Waals surface area (Å²) in [6.07, 6.45) is 0. The van der Waals surface area contributed by atoms with Gasteiger partial charge in [-0.25, -0.2) is 0 Å². The molecule has 2 aromatic heterocycles. The molecule has 0 fully saturated rings. The maximum atomic E-state index is 12.4. The third-order valence-electron chi connectivity index (χ3n) is 1.15. The van der Waals surface area contributed by atoms with E-state index in [1.54, 1.807) is 0 Å². The Morgan fingerprint density at radius 2 is 1.50 bits per heavy atom. The molecule has 0 spiro atoms. The van der Waals surface area contributed by atoms with Crippen molar-refractivity contribution in [1.29, 1.82) is 0 Å². The molecule has 0 radical (unpaired) electrons. The fraction of sp³-hybridized carbons (Fsp3) is 0. The number of thiophene rings is 2. The van der Waals surface area contributed by atoms with Gasteiger partial charge in [0.25, 0.3) is 0 Å². The first kappa shape index (κ1) is 6.24. The molecule has 2 aromatic rings. The molecule has 0 aliphatic carbocycles. The molecule has 0 saturated carbocycles. The van der Waals surface area contributed by atoms with E-state index in [-0.39, 0.29) is 10.3 Å². The average Bonchev–Trinajstić information content (AvgIpc) is 2.21. The highest BCUT2D eigenvalue weighted by Gasteiger charge is 2.04. The third-order valence-corrected chi connectivity index (χ3v) is 3.12. The monoisotopic (exact) mass is 176 g/mol. The molecule has 10 heavy (non-hydrogen) atoms. The maximum Gasteiger partial charge on any atom is 0.178 e. The zero-order valence-corrected chi connectivity index (χ0v) is 6.36. The minimum Gasteiger partial charge on any atom is -0.195 e. The second-order valence-corrected chi connectivity index (χ2v) is 4.11. The zero-order chi connectivity index (χ0) is 7.14. The smallest absolute Gasteiger partial charge is 0.178 e. The first-order chi connectivity index (χ1) is 4.75. The topological polar surface area (TPSA) is 0 Å². The second-order valence-electron chi connectivity index (χ2n) is 1.84. The Hall–Kier alpha value is -0.480. The molecule has 0 aliphatic rings. The molecule has 2 rings (SSSR count). The van der Waals surface area contributed by atoms with E-state index >= 15 is 0 Å². The van der Waals surface area contributed by atoms with Crippen molar-refractivity contribution < 1.29 is 8.78 Å². The van der Waals surface area contributed by atoms with Gasteiger partial charge in [0.1, 0.15) is 0 Å². The Labute approximate surface area is 63.7 Å². The Balaban J connectivity index is 2.83. The predicted molar refractivity (Wildman–Crippen MR) is 39.6 cm³/mol. The number of hydrogen-bond donors (Lipinski definition) is 0. The van der Waals surface area contributed by atoms with Crippen LogP contribution in [0.5, 0.6) is 0 Å². The minimum absolute atomic E-state index is 0.249. The van der Waals surface area contributed by atoms with E-state index in [0.717, 1.165) is 26.7 Å². The van der Waals surface area contributed by atoms with Crippen LogP contribution in [-0.2, 0) is 0 Å². The molecule has 0 amide bonds. The van der Waals surface area contributed by atoms with Gasteiger partial charge in [0, 0.05) is 5.39 Å². The summed E-state index contributed by atoms with van der Waals surface area (Å²) in [5.74, 6) is 0. The number of rotatable bonds is 0. The zero-order valence-electron chi connectivity index (χ0n) is 4.73. The summed E-state index contributed by atoms with van der Waals surface area (Å²) in [5, 5.41) is 0.174. The molecule has 0 saturated heterocycles. The molecule has 0 bridgehead atoms. The van der Waals surface area contributed by atoms with Gasteiger partial charge in [-0.15, -0.1) is 0 Å². The van der Waals surface area contributed by atoms with Gasteiger partial charge in [-0.1, -0.05) is 22.7 Å². The predicted octanol–water partition coefficient (Wildman–Crippen LogP) is 3.24. The van der Waals surface area contributed by atoms with Crippen molar-refractivity contribution in [2.75, 3.05) is 0 Å². The number of hydrogen-bond acceptors (Lipinski definition) is 2. The SMILES string of the molecule is Fc1cc2cc(F)sc2s1. The van der Waals surface area contributed by atoms with Crippen LogP contribution in [0, 0.1) is 10.3 Å². The summed E-state index contributed by atoms with van der Waals surface area (Å²) in [6.45, 7) is 0. The summed E-state index contributed by atoms with van der Waals surface area (Å²) in [6, 6.07) is 2.69. The van der Waals surface area contributed by atoms with E-state index in [0.29, 0.717) is 5.39 Å². The van der Waals surface area contributed by atoms with Gasteiger partial charge in [-0.05, 0) is 12.1 Å². The summed E-state index contributed by atoms with van der Waals surface area (Å²) < 4.78 is 25.5. The van der Waals surface area contributed by atoms with Crippen LogP contribution in [0.1, 0.15) is 0 Å². The van der Waals surface area contributed by atoms with E-state index in [1.807, 2.05) is 0 Å². The van der Waals surface area contributed by atoms with Crippen LogP contribution in [0.4, 0.5) is 8.78 Å². The highest BCUT2D eigenvalue weighted by atomic mass is 32.2. The first-order valence-electron chi connectivity index (χ1n) is 2.60. The fourth-order valence-corrected chi connectivity index (χ4v) is 2.62. The van der Waals surface area contributed by atoms with Gasteiger partial charge in [-0.2, -0.15) is 8.78 Å². The quantitative estimate of drug-likeness (QED) is 0.578. The van der Waals surface area contributed by atoms with Crippen LogP contribution >= 0.6 is 22.7 Å². The number of fused-ring (bicyclic) bond motifs is 1. The molecule has 0 unspecified atom stereocenters. The Morgan fingerprint density at radius 3 is 1.90 bits per heavy atom. The van der Waals surface area contributed by atoms with Crippen LogP contribution < -0.4 is 0 Å². The van der Waals surface area contributed by atoms with E-state index in [1.165, 1.54) is 12.1 Å². The van der Waals surface area contributed by atoms with Gasteiger partial charge >= 0.3 is 0 Å². The molecule has 0 aromatic carbocycles. The van der Waals surface area contributed by atoms with Crippen LogP contribution in [0.2, 0.25) is 0 Å². The highest BCUT2D eigenvalue weighted by molar-refractivity contribution is 7.37. The normalized spacial score (nSPS) is 11.0. The minimum atomic E-state index is -0.249. The lowest BCUT2D eigenvalue weighted by molar-refractivity contribution is 0.655. The lowest BCUT2D eigenvalue weighted by Crippen LogP contribution is -1.52. The Kier molecular flexibility index (Phi) is 1.25. The molecule has 52 valence electrons. The first-order valence-corrected chi connectivity index (χ1v) is 4.23. The molecule has 0 aliphatic heterocycles. The highest BCUT2D eigenvalue weighted by Crippen LogP contribution is 2.31. The molecule has 4 heteroatoms. The van der Waals surface area contributed by atoms with Crippen LogP contribution in [0.25, 0.3) is 9.40 Å². The number of halogens is 2. The van der Waals surface area contributed by atoms with E-state index in [2.05, 4.69) is 0 Å². The molecular weight excluding hydrogens is 174 g/mol. The molecule has 2 heterocycles. The van der Waals surface area contributed by atoms with E-state index < -0.39 is 0 Å². The van der Waals surface area contributed by atoms with Crippen molar-refractivity contribution in [2.45, 2.75) is 0 Å². The lowest BCUT2D eigenvalue weighted by Gasteiger charge is -1.69. The van der Waals surface area contributed by atoms with Crippen molar-refractivity contribution in [3.8, 4) is 0 Å². The summed E-state index contributed by atoms with van der Waals surface area (Å²) in [5.41, 5.74) is 0. The summed E-state index contributed by atoms with van der Waals surface area (Å²) in [4.78, 5) is 0.